The van der Waals surface area contributed by atoms with Crippen LogP contribution in [0.4, 0.5) is 23.1 Å². The molecule has 2 heterocycles. The van der Waals surface area contributed by atoms with Gasteiger partial charge in [0.05, 0.1) is 19.0 Å². The van der Waals surface area contributed by atoms with E-state index < -0.39 is 10.0 Å². The van der Waals surface area contributed by atoms with Crippen LogP contribution in [0.5, 0.6) is 0 Å². The molecule has 1 aromatic heterocycles. The molecule has 4 rings (SSSR count). The van der Waals surface area contributed by atoms with Gasteiger partial charge in [-0.2, -0.15) is 4.98 Å². The molecular formula is C22H25N5O3S. The number of aromatic nitrogens is 2. The molecule has 162 valence electrons. The van der Waals surface area contributed by atoms with Gasteiger partial charge in [0, 0.05) is 36.2 Å². The lowest BCUT2D eigenvalue weighted by molar-refractivity contribution is 0.122. The highest BCUT2D eigenvalue weighted by Crippen LogP contribution is 2.21. The molecule has 3 aromatic rings. The molecule has 2 N–H and O–H groups in total. The van der Waals surface area contributed by atoms with E-state index in [9.17, 15) is 8.42 Å². The van der Waals surface area contributed by atoms with E-state index in [1.54, 1.807) is 36.4 Å². The molecular weight excluding hydrogens is 414 g/mol. The van der Waals surface area contributed by atoms with Crippen molar-refractivity contribution in [2.75, 3.05) is 41.2 Å². The van der Waals surface area contributed by atoms with E-state index in [-0.39, 0.29) is 5.75 Å². The van der Waals surface area contributed by atoms with Crippen LogP contribution < -0.4 is 14.9 Å². The van der Waals surface area contributed by atoms with Crippen LogP contribution in [0.25, 0.3) is 0 Å². The number of rotatable bonds is 7. The molecule has 0 aliphatic carbocycles. The molecule has 1 saturated heterocycles. The van der Waals surface area contributed by atoms with Crippen molar-refractivity contribution in [3.63, 3.8) is 0 Å². The average molecular weight is 440 g/mol. The van der Waals surface area contributed by atoms with E-state index in [2.05, 4.69) is 24.9 Å². The van der Waals surface area contributed by atoms with Gasteiger partial charge in [0.15, 0.2) is 0 Å². The summed E-state index contributed by atoms with van der Waals surface area (Å²) in [7, 11) is -3.49. The minimum absolute atomic E-state index is 0.0741. The van der Waals surface area contributed by atoms with Gasteiger partial charge in [0.25, 0.3) is 0 Å². The van der Waals surface area contributed by atoms with Crippen LogP contribution in [0.2, 0.25) is 0 Å². The number of nitrogens with zero attached hydrogens (tertiary/aromatic N) is 3. The Hall–Kier alpha value is -3.17. The zero-order valence-electron chi connectivity index (χ0n) is 17.3. The van der Waals surface area contributed by atoms with Crippen molar-refractivity contribution in [3.8, 4) is 0 Å². The third-order valence-electron chi connectivity index (χ3n) is 4.79. The fourth-order valence-corrected chi connectivity index (χ4v) is 4.52. The van der Waals surface area contributed by atoms with E-state index in [0.29, 0.717) is 24.8 Å². The topological polar surface area (TPSA) is 96.5 Å². The van der Waals surface area contributed by atoms with E-state index in [1.807, 2.05) is 31.2 Å². The Morgan fingerprint density at radius 2 is 1.65 bits per heavy atom. The van der Waals surface area contributed by atoms with Crippen LogP contribution in [-0.4, -0.2) is 44.7 Å². The first-order valence-electron chi connectivity index (χ1n) is 10.1. The lowest BCUT2D eigenvalue weighted by Crippen LogP contribution is -2.36. The lowest BCUT2D eigenvalue weighted by atomic mass is 10.2. The Morgan fingerprint density at radius 3 is 2.35 bits per heavy atom. The van der Waals surface area contributed by atoms with Gasteiger partial charge < -0.3 is 15.0 Å². The van der Waals surface area contributed by atoms with Crippen LogP contribution in [0.15, 0.2) is 60.7 Å². The summed E-state index contributed by atoms with van der Waals surface area (Å²) in [5.74, 6) is 1.29. The molecule has 8 nitrogen and oxygen atoms in total. The molecule has 0 saturated carbocycles. The summed E-state index contributed by atoms with van der Waals surface area (Å²) in [4.78, 5) is 11.3. The predicted octanol–water partition coefficient (Wildman–Crippen LogP) is 3.31. The summed E-state index contributed by atoms with van der Waals surface area (Å²) in [5, 5.41) is 3.20. The Morgan fingerprint density at radius 1 is 0.968 bits per heavy atom. The molecule has 1 aliphatic rings. The standard InChI is InChI=1S/C22H25N5O3S/c1-17-15-21(27-11-13-30-14-12-27)25-22(23-17)24-19-7-9-20(10-8-19)26-31(28,29)16-18-5-3-2-4-6-18/h2-10,15,26H,11-14,16H2,1H3,(H,23,24,25). The smallest absolute Gasteiger partial charge is 0.236 e. The minimum atomic E-state index is -3.49. The monoisotopic (exact) mass is 439 g/mol. The number of anilines is 4. The molecule has 31 heavy (non-hydrogen) atoms. The number of hydrogen-bond acceptors (Lipinski definition) is 7. The summed E-state index contributed by atoms with van der Waals surface area (Å²) >= 11 is 0. The van der Waals surface area contributed by atoms with Crippen molar-refractivity contribution in [1.82, 2.24) is 9.97 Å². The summed E-state index contributed by atoms with van der Waals surface area (Å²) in [6.07, 6.45) is 0. The molecule has 0 amide bonds. The maximum Gasteiger partial charge on any atom is 0.236 e. The van der Waals surface area contributed by atoms with Crippen molar-refractivity contribution in [2.45, 2.75) is 12.7 Å². The highest BCUT2D eigenvalue weighted by Gasteiger charge is 2.15. The Balaban J connectivity index is 1.42. The van der Waals surface area contributed by atoms with E-state index in [0.717, 1.165) is 35.9 Å². The van der Waals surface area contributed by atoms with Crippen LogP contribution >= 0.6 is 0 Å². The molecule has 2 aromatic carbocycles. The molecule has 0 radical (unpaired) electrons. The average Bonchev–Trinajstić information content (AvgIpc) is 2.75. The third-order valence-corrected chi connectivity index (χ3v) is 6.05. The van der Waals surface area contributed by atoms with Crippen molar-refractivity contribution in [1.29, 1.82) is 0 Å². The Labute approximate surface area is 182 Å². The van der Waals surface area contributed by atoms with Crippen molar-refractivity contribution >= 4 is 33.2 Å². The van der Waals surface area contributed by atoms with E-state index >= 15 is 0 Å². The number of benzene rings is 2. The van der Waals surface area contributed by atoms with Gasteiger partial charge in [-0.25, -0.2) is 13.4 Å². The maximum atomic E-state index is 12.4. The SMILES string of the molecule is Cc1cc(N2CCOCC2)nc(Nc2ccc(NS(=O)(=O)Cc3ccccc3)cc2)n1. The number of aryl methyl sites for hydroxylation is 1. The first-order valence-corrected chi connectivity index (χ1v) is 11.7. The van der Waals surface area contributed by atoms with Crippen molar-refractivity contribution < 1.29 is 13.2 Å². The fourth-order valence-electron chi connectivity index (χ4n) is 3.32. The highest BCUT2D eigenvalue weighted by atomic mass is 32.2. The normalized spacial score (nSPS) is 14.3. The predicted molar refractivity (Wildman–Crippen MR) is 122 cm³/mol. The van der Waals surface area contributed by atoms with E-state index in [4.69, 9.17) is 4.74 Å². The molecule has 1 aliphatic heterocycles. The van der Waals surface area contributed by atoms with Gasteiger partial charge in [-0.3, -0.25) is 4.72 Å². The zero-order valence-corrected chi connectivity index (χ0v) is 18.1. The van der Waals surface area contributed by atoms with Gasteiger partial charge in [0.2, 0.25) is 16.0 Å². The van der Waals surface area contributed by atoms with Gasteiger partial charge in [-0.15, -0.1) is 0 Å². The first kappa shape index (κ1) is 21.1. The Bertz CT molecular complexity index is 1120. The van der Waals surface area contributed by atoms with Crippen LogP contribution in [-0.2, 0) is 20.5 Å². The molecule has 0 bridgehead atoms. The number of morpholine rings is 1. The van der Waals surface area contributed by atoms with Crippen molar-refractivity contribution in [2.24, 2.45) is 0 Å². The van der Waals surface area contributed by atoms with Gasteiger partial charge in [0.1, 0.15) is 5.82 Å². The molecule has 0 atom stereocenters. The first-order chi connectivity index (χ1) is 15.0. The quantitative estimate of drug-likeness (QED) is 0.583. The summed E-state index contributed by atoms with van der Waals surface area (Å²) < 4.78 is 32.8. The maximum absolute atomic E-state index is 12.4. The molecule has 0 unspecified atom stereocenters. The number of sulfonamides is 1. The summed E-state index contributed by atoms with van der Waals surface area (Å²) in [6, 6.07) is 18.1. The van der Waals surface area contributed by atoms with E-state index in [1.165, 1.54) is 0 Å². The number of nitrogens with one attached hydrogen (secondary N) is 2. The third kappa shape index (κ3) is 5.93. The second-order valence-electron chi connectivity index (χ2n) is 7.34. The summed E-state index contributed by atoms with van der Waals surface area (Å²) in [6.45, 7) is 4.91. The molecule has 1 fully saturated rings. The summed E-state index contributed by atoms with van der Waals surface area (Å²) in [5.41, 5.74) is 2.87. The van der Waals surface area contributed by atoms with Gasteiger partial charge >= 0.3 is 0 Å². The molecule has 9 heteroatoms. The van der Waals surface area contributed by atoms with Crippen LogP contribution in [0.1, 0.15) is 11.3 Å². The largest absolute Gasteiger partial charge is 0.378 e. The second-order valence-corrected chi connectivity index (χ2v) is 9.06. The molecule has 0 spiro atoms. The van der Waals surface area contributed by atoms with Gasteiger partial charge in [-0.05, 0) is 36.8 Å². The van der Waals surface area contributed by atoms with Crippen LogP contribution in [0.3, 0.4) is 0 Å². The number of hydrogen-bond donors (Lipinski definition) is 2. The zero-order chi connectivity index (χ0) is 21.7. The minimum Gasteiger partial charge on any atom is -0.378 e. The second kappa shape index (κ2) is 9.32. The fraction of sp³-hybridized carbons (Fsp3) is 0.273. The van der Waals surface area contributed by atoms with Gasteiger partial charge in [-0.1, -0.05) is 30.3 Å². The number of ether oxygens (including phenoxy) is 1. The highest BCUT2D eigenvalue weighted by molar-refractivity contribution is 7.91. The Kier molecular flexibility index (Phi) is 6.34. The van der Waals surface area contributed by atoms with Crippen molar-refractivity contribution in [3.05, 3.63) is 71.9 Å². The van der Waals surface area contributed by atoms with Crippen LogP contribution in [0, 0.1) is 6.92 Å². The lowest BCUT2D eigenvalue weighted by Gasteiger charge is -2.28.